The molecule has 0 amide bonds. The Bertz CT molecular complexity index is 245. The van der Waals surface area contributed by atoms with Crippen molar-refractivity contribution >= 4 is 0 Å². The molecule has 10 heavy (non-hydrogen) atoms. The van der Waals surface area contributed by atoms with Gasteiger partial charge in [-0.05, 0) is 30.0 Å². The Morgan fingerprint density at radius 2 is 2.50 bits per heavy atom. The summed E-state index contributed by atoms with van der Waals surface area (Å²) < 4.78 is 0. The summed E-state index contributed by atoms with van der Waals surface area (Å²) in [6.45, 7) is 0. The van der Waals surface area contributed by atoms with Gasteiger partial charge in [0.25, 0.3) is 0 Å². The predicted octanol–water partition coefficient (Wildman–Crippen LogP) is 1.03. The smallest absolute Gasteiger partial charge is 0.0303 e. The standard InChI is InChI=1S/C8H10N2/c9-8-2-1-6-5-10-4-3-7(6)8/h3-5,8H,1-2,9H2/t8-/m1/s1. The summed E-state index contributed by atoms with van der Waals surface area (Å²) in [6.07, 6.45) is 5.91. The van der Waals surface area contributed by atoms with Crippen LogP contribution in [0.25, 0.3) is 0 Å². The molecule has 0 fully saturated rings. The maximum atomic E-state index is 5.82. The molecule has 0 aliphatic heterocycles. The van der Waals surface area contributed by atoms with E-state index in [1.165, 1.54) is 11.1 Å². The van der Waals surface area contributed by atoms with Crippen LogP contribution in [0.2, 0.25) is 0 Å². The molecule has 0 spiro atoms. The number of nitrogens with zero attached hydrogens (tertiary/aromatic N) is 1. The monoisotopic (exact) mass is 134 g/mol. The highest BCUT2D eigenvalue weighted by atomic mass is 14.7. The van der Waals surface area contributed by atoms with E-state index in [0.717, 1.165) is 12.8 Å². The second-order valence-electron chi connectivity index (χ2n) is 2.72. The van der Waals surface area contributed by atoms with Crippen LogP contribution in [-0.2, 0) is 6.42 Å². The highest BCUT2D eigenvalue weighted by Crippen LogP contribution is 2.27. The third-order valence-corrected chi connectivity index (χ3v) is 2.07. The van der Waals surface area contributed by atoms with E-state index in [-0.39, 0.29) is 6.04 Å². The van der Waals surface area contributed by atoms with E-state index in [0.29, 0.717) is 0 Å². The van der Waals surface area contributed by atoms with Crippen LogP contribution < -0.4 is 5.73 Å². The molecule has 2 heteroatoms. The largest absolute Gasteiger partial charge is 0.324 e. The van der Waals surface area contributed by atoms with Gasteiger partial charge in [0.2, 0.25) is 0 Å². The molecular weight excluding hydrogens is 124 g/mol. The van der Waals surface area contributed by atoms with Crippen LogP contribution in [0.15, 0.2) is 18.5 Å². The van der Waals surface area contributed by atoms with Gasteiger partial charge in [-0.2, -0.15) is 0 Å². The van der Waals surface area contributed by atoms with Crippen LogP contribution in [0.1, 0.15) is 23.6 Å². The Morgan fingerprint density at radius 1 is 1.60 bits per heavy atom. The first-order valence-corrected chi connectivity index (χ1v) is 3.56. The topological polar surface area (TPSA) is 38.9 Å². The number of aryl methyl sites for hydroxylation is 1. The van der Waals surface area contributed by atoms with Crippen LogP contribution in [0.3, 0.4) is 0 Å². The summed E-state index contributed by atoms with van der Waals surface area (Å²) in [7, 11) is 0. The molecule has 2 N–H and O–H groups in total. The zero-order valence-corrected chi connectivity index (χ0v) is 5.75. The summed E-state index contributed by atoms with van der Waals surface area (Å²) in [5.41, 5.74) is 8.43. The van der Waals surface area contributed by atoms with Gasteiger partial charge in [-0.3, -0.25) is 4.98 Å². The molecule has 0 saturated heterocycles. The van der Waals surface area contributed by atoms with Crippen molar-refractivity contribution < 1.29 is 0 Å². The summed E-state index contributed by atoms with van der Waals surface area (Å²) >= 11 is 0. The SMILES string of the molecule is N[C@@H]1CCc2cnccc21. The van der Waals surface area contributed by atoms with Gasteiger partial charge in [-0.1, -0.05) is 0 Å². The van der Waals surface area contributed by atoms with Gasteiger partial charge >= 0.3 is 0 Å². The van der Waals surface area contributed by atoms with Crippen molar-refractivity contribution in [3.8, 4) is 0 Å². The van der Waals surface area contributed by atoms with Crippen molar-refractivity contribution in [3.63, 3.8) is 0 Å². The second-order valence-corrected chi connectivity index (χ2v) is 2.72. The van der Waals surface area contributed by atoms with Crippen molar-refractivity contribution in [2.75, 3.05) is 0 Å². The van der Waals surface area contributed by atoms with Crippen molar-refractivity contribution in [1.82, 2.24) is 4.98 Å². The van der Waals surface area contributed by atoms with Crippen LogP contribution in [-0.4, -0.2) is 4.98 Å². The lowest BCUT2D eigenvalue weighted by Gasteiger charge is -2.01. The average molecular weight is 134 g/mol. The number of hydrogen-bond donors (Lipinski definition) is 1. The number of rotatable bonds is 0. The first-order chi connectivity index (χ1) is 4.88. The lowest BCUT2D eigenvalue weighted by Crippen LogP contribution is -2.04. The van der Waals surface area contributed by atoms with Gasteiger partial charge < -0.3 is 5.73 Å². The maximum absolute atomic E-state index is 5.82. The molecule has 0 saturated carbocycles. The molecule has 0 unspecified atom stereocenters. The van der Waals surface area contributed by atoms with E-state index in [4.69, 9.17) is 5.73 Å². The average Bonchev–Trinajstić information content (AvgIpc) is 2.34. The third-order valence-electron chi connectivity index (χ3n) is 2.07. The first-order valence-electron chi connectivity index (χ1n) is 3.56. The number of hydrogen-bond acceptors (Lipinski definition) is 2. The Balaban J connectivity index is 2.51. The molecule has 1 heterocycles. The Labute approximate surface area is 60.1 Å². The highest BCUT2D eigenvalue weighted by Gasteiger charge is 2.17. The highest BCUT2D eigenvalue weighted by molar-refractivity contribution is 5.30. The van der Waals surface area contributed by atoms with Crippen LogP contribution in [0.4, 0.5) is 0 Å². The number of aromatic nitrogens is 1. The van der Waals surface area contributed by atoms with Gasteiger partial charge in [-0.25, -0.2) is 0 Å². The molecule has 2 rings (SSSR count). The van der Waals surface area contributed by atoms with E-state index < -0.39 is 0 Å². The maximum Gasteiger partial charge on any atom is 0.0303 e. The molecular formula is C8H10N2. The van der Waals surface area contributed by atoms with Crippen molar-refractivity contribution in [1.29, 1.82) is 0 Å². The summed E-state index contributed by atoms with van der Waals surface area (Å²) in [5, 5.41) is 0. The van der Waals surface area contributed by atoms with E-state index >= 15 is 0 Å². The minimum Gasteiger partial charge on any atom is -0.324 e. The molecule has 1 aliphatic carbocycles. The van der Waals surface area contributed by atoms with Crippen molar-refractivity contribution in [2.45, 2.75) is 18.9 Å². The van der Waals surface area contributed by atoms with Crippen LogP contribution >= 0.6 is 0 Å². The quantitative estimate of drug-likeness (QED) is 0.575. The van der Waals surface area contributed by atoms with Crippen LogP contribution in [0.5, 0.6) is 0 Å². The molecule has 1 aliphatic rings. The molecule has 1 atom stereocenters. The third kappa shape index (κ3) is 0.727. The molecule has 52 valence electrons. The number of nitrogens with two attached hydrogens (primary N) is 1. The number of pyridine rings is 1. The predicted molar refractivity (Wildman–Crippen MR) is 39.5 cm³/mol. The van der Waals surface area contributed by atoms with Crippen LogP contribution in [0, 0.1) is 0 Å². The fraction of sp³-hybridized carbons (Fsp3) is 0.375. The fourth-order valence-corrected chi connectivity index (χ4v) is 1.48. The minimum absolute atomic E-state index is 0.262. The van der Waals surface area contributed by atoms with Crippen molar-refractivity contribution in [3.05, 3.63) is 29.6 Å². The normalized spacial score (nSPS) is 22.7. The van der Waals surface area contributed by atoms with E-state index in [1.807, 2.05) is 18.5 Å². The molecule has 1 aromatic heterocycles. The zero-order chi connectivity index (χ0) is 6.97. The van der Waals surface area contributed by atoms with Gasteiger partial charge in [0.1, 0.15) is 0 Å². The molecule has 2 nitrogen and oxygen atoms in total. The van der Waals surface area contributed by atoms with Crippen molar-refractivity contribution in [2.24, 2.45) is 5.73 Å². The first kappa shape index (κ1) is 5.86. The molecule has 0 aromatic carbocycles. The van der Waals surface area contributed by atoms with Gasteiger partial charge in [-0.15, -0.1) is 0 Å². The Kier molecular flexibility index (Phi) is 1.21. The zero-order valence-electron chi connectivity index (χ0n) is 5.75. The summed E-state index contributed by atoms with van der Waals surface area (Å²) in [5.74, 6) is 0. The molecule has 0 bridgehead atoms. The fourth-order valence-electron chi connectivity index (χ4n) is 1.48. The lowest BCUT2D eigenvalue weighted by molar-refractivity contribution is 0.713. The minimum atomic E-state index is 0.262. The molecule has 0 radical (unpaired) electrons. The van der Waals surface area contributed by atoms with E-state index in [1.54, 1.807) is 0 Å². The van der Waals surface area contributed by atoms with E-state index in [2.05, 4.69) is 4.98 Å². The number of fused-ring (bicyclic) bond motifs is 1. The van der Waals surface area contributed by atoms with E-state index in [9.17, 15) is 0 Å². The molecule has 1 aromatic rings. The summed E-state index contributed by atoms with van der Waals surface area (Å²) in [6, 6.07) is 2.28. The Hall–Kier alpha value is -0.890. The van der Waals surface area contributed by atoms with Gasteiger partial charge in [0.05, 0.1) is 0 Å². The summed E-state index contributed by atoms with van der Waals surface area (Å²) in [4.78, 5) is 4.04. The van der Waals surface area contributed by atoms with Gasteiger partial charge in [0, 0.05) is 18.4 Å². The second kappa shape index (κ2) is 2.06. The lowest BCUT2D eigenvalue weighted by atomic mass is 10.1. The Morgan fingerprint density at radius 3 is 3.30 bits per heavy atom. The van der Waals surface area contributed by atoms with Gasteiger partial charge in [0.15, 0.2) is 0 Å².